The van der Waals surface area contributed by atoms with Crippen LogP contribution in [-0.2, 0) is 18.4 Å². The molecule has 134 valence electrons. The van der Waals surface area contributed by atoms with E-state index in [9.17, 15) is 4.79 Å². The summed E-state index contributed by atoms with van der Waals surface area (Å²) in [6.45, 7) is 7.55. The molecule has 8 nitrogen and oxygen atoms in total. The van der Waals surface area contributed by atoms with Gasteiger partial charge in [0.25, 0.3) is 0 Å². The predicted octanol–water partition coefficient (Wildman–Crippen LogP) is 0.743. The lowest BCUT2D eigenvalue weighted by Gasteiger charge is -2.41. The maximum absolute atomic E-state index is 12.4. The molecule has 1 aliphatic heterocycles. The first-order valence-corrected chi connectivity index (χ1v) is 8.57. The molecule has 1 saturated heterocycles. The van der Waals surface area contributed by atoms with Crippen LogP contribution in [0.5, 0.6) is 0 Å². The zero-order valence-electron chi connectivity index (χ0n) is 15.0. The largest absolute Gasteiger partial charge is 0.337 e. The summed E-state index contributed by atoms with van der Waals surface area (Å²) in [5.41, 5.74) is 0. The Kier molecular flexibility index (Phi) is 5.40. The molecule has 25 heavy (non-hydrogen) atoms. The van der Waals surface area contributed by atoms with E-state index in [1.807, 2.05) is 26.4 Å². The van der Waals surface area contributed by atoms with Gasteiger partial charge in [0.05, 0.1) is 12.6 Å². The molecule has 0 radical (unpaired) electrons. The molecular formula is C17H25N7O. The molecule has 1 aliphatic rings. The van der Waals surface area contributed by atoms with E-state index in [-0.39, 0.29) is 11.9 Å². The molecule has 0 aliphatic carbocycles. The molecule has 2 aromatic heterocycles. The third-order valence-electron chi connectivity index (χ3n) is 4.79. The number of carbonyl (C=O) groups excluding carboxylic acids is 1. The van der Waals surface area contributed by atoms with Crippen molar-refractivity contribution in [2.45, 2.75) is 32.5 Å². The number of hydrogen-bond donors (Lipinski definition) is 1. The van der Waals surface area contributed by atoms with Crippen molar-refractivity contribution in [3.8, 4) is 0 Å². The van der Waals surface area contributed by atoms with Gasteiger partial charge in [0.15, 0.2) is 0 Å². The summed E-state index contributed by atoms with van der Waals surface area (Å²) in [5, 5.41) is 2.78. The second-order valence-corrected chi connectivity index (χ2v) is 6.51. The number of carbonyl (C=O) groups is 1. The van der Waals surface area contributed by atoms with Crippen LogP contribution >= 0.6 is 0 Å². The molecule has 1 amide bonds. The minimum atomic E-state index is -0.221. The van der Waals surface area contributed by atoms with Crippen molar-refractivity contribution < 1.29 is 4.79 Å². The third-order valence-corrected chi connectivity index (χ3v) is 4.79. The molecule has 0 spiro atoms. The molecule has 3 heterocycles. The van der Waals surface area contributed by atoms with Gasteiger partial charge >= 0.3 is 0 Å². The first kappa shape index (κ1) is 17.5. The van der Waals surface area contributed by atoms with Crippen LogP contribution in [-0.4, -0.2) is 66.9 Å². The Morgan fingerprint density at radius 3 is 2.68 bits per heavy atom. The fraction of sp³-hybridized carbons (Fsp3) is 0.529. The van der Waals surface area contributed by atoms with Crippen molar-refractivity contribution in [2.75, 3.05) is 25.0 Å². The number of rotatable bonds is 5. The van der Waals surface area contributed by atoms with E-state index in [1.54, 1.807) is 18.5 Å². The van der Waals surface area contributed by atoms with Crippen LogP contribution in [0.2, 0.25) is 0 Å². The van der Waals surface area contributed by atoms with Crippen LogP contribution in [0.1, 0.15) is 19.7 Å². The predicted molar refractivity (Wildman–Crippen MR) is 94.8 cm³/mol. The number of aryl methyl sites for hydroxylation is 1. The van der Waals surface area contributed by atoms with Crippen molar-refractivity contribution in [2.24, 2.45) is 7.05 Å². The Morgan fingerprint density at radius 1 is 1.28 bits per heavy atom. The van der Waals surface area contributed by atoms with Crippen molar-refractivity contribution in [3.63, 3.8) is 0 Å². The number of hydrogen-bond acceptors (Lipinski definition) is 6. The molecule has 1 fully saturated rings. The molecule has 0 aromatic carbocycles. The number of nitrogens with one attached hydrogen (secondary N) is 1. The highest BCUT2D eigenvalue weighted by Crippen LogP contribution is 2.15. The molecule has 2 unspecified atom stereocenters. The van der Waals surface area contributed by atoms with Crippen LogP contribution in [0.3, 0.4) is 0 Å². The normalized spacial score (nSPS) is 20.4. The van der Waals surface area contributed by atoms with Crippen LogP contribution < -0.4 is 5.32 Å². The topological polar surface area (TPSA) is 79.2 Å². The lowest BCUT2D eigenvalue weighted by Crippen LogP contribution is -2.56. The quantitative estimate of drug-likeness (QED) is 0.863. The third kappa shape index (κ3) is 4.21. The van der Waals surface area contributed by atoms with Gasteiger partial charge in [0, 0.05) is 57.5 Å². The maximum atomic E-state index is 12.4. The van der Waals surface area contributed by atoms with E-state index in [0.717, 1.165) is 32.0 Å². The SMILES string of the molecule is CC1CN(C(C)C(=O)Nc2ncccn2)CCN1Cc1nccn1C. The van der Waals surface area contributed by atoms with Crippen LogP contribution in [0.25, 0.3) is 0 Å². The van der Waals surface area contributed by atoms with Gasteiger partial charge in [-0.15, -0.1) is 0 Å². The number of nitrogens with zero attached hydrogens (tertiary/aromatic N) is 6. The molecule has 3 rings (SSSR count). The summed E-state index contributed by atoms with van der Waals surface area (Å²) in [6.07, 6.45) is 7.03. The first-order chi connectivity index (χ1) is 12.0. The maximum Gasteiger partial charge on any atom is 0.243 e. The van der Waals surface area contributed by atoms with E-state index in [0.29, 0.717) is 12.0 Å². The first-order valence-electron chi connectivity index (χ1n) is 8.57. The van der Waals surface area contributed by atoms with E-state index in [1.165, 1.54) is 0 Å². The van der Waals surface area contributed by atoms with E-state index >= 15 is 0 Å². The van der Waals surface area contributed by atoms with Gasteiger partial charge in [-0.05, 0) is 19.9 Å². The summed E-state index contributed by atoms with van der Waals surface area (Å²) < 4.78 is 2.05. The Labute approximate surface area is 147 Å². The zero-order valence-corrected chi connectivity index (χ0v) is 15.0. The molecule has 2 aromatic rings. The van der Waals surface area contributed by atoms with E-state index < -0.39 is 0 Å². The second kappa shape index (κ2) is 7.71. The summed E-state index contributed by atoms with van der Waals surface area (Å²) in [7, 11) is 2.02. The fourth-order valence-corrected chi connectivity index (χ4v) is 3.08. The lowest BCUT2D eigenvalue weighted by molar-refractivity contribution is -0.122. The Balaban J connectivity index is 1.54. The van der Waals surface area contributed by atoms with E-state index in [4.69, 9.17) is 0 Å². The molecular weight excluding hydrogens is 318 g/mol. The average Bonchev–Trinajstić information content (AvgIpc) is 3.01. The lowest BCUT2D eigenvalue weighted by atomic mass is 10.1. The number of anilines is 1. The zero-order chi connectivity index (χ0) is 17.8. The molecule has 0 bridgehead atoms. The second-order valence-electron chi connectivity index (χ2n) is 6.51. The number of aromatic nitrogens is 4. The van der Waals surface area contributed by atoms with Gasteiger partial charge in [0.2, 0.25) is 11.9 Å². The number of amides is 1. The van der Waals surface area contributed by atoms with E-state index in [2.05, 4.69) is 41.6 Å². The average molecular weight is 343 g/mol. The Hall–Kier alpha value is -2.32. The molecule has 0 saturated carbocycles. The highest BCUT2D eigenvalue weighted by atomic mass is 16.2. The summed E-state index contributed by atoms with van der Waals surface area (Å²) in [5.74, 6) is 1.34. The molecule has 1 N–H and O–H groups in total. The smallest absolute Gasteiger partial charge is 0.243 e. The van der Waals surface area contributed by atoms with Gasteiger partial charge in [0.1, 0.15) is 5.82 Å². The Bertz CT molecular complexity index is 702. The standard InChI is InChI=1S/C17H25N7O/c1-13-11-24(10-9-23(13)12-15-18-7-8-22(15)3)14(2)16(25)21-17-19-5-4-6-20-17/h4-8,13-14H,9-12H2,1-3H3,(H,19,20,21,25). The number of piperazine rings is 1. The summed E-state index contributed by atoms with van der Waals surface area (Å²) in [4.78, 5) is 29.5. The summed E-state index contributed by atoms with van der Waals surface area (Å²) >= 11 is 0. The fourth-order valence-electron chi connectivity index (χ4n) is 3.08. The minimum Gasteiger partial charge on any atom is -0.337 e. The molecule has 2 atom stereocenters. The van der Waals surface area contributed by atoms with Crippen molar-refractivity contribution >= 4 is 11.9 Å². The highest BCUT2D eigenvalue weighted by molar-refractivity contribution is 5.93. The molecule has 8 heteroatoms. The summed E-state index contributed by atoms with van der Waals surface area (Å²) in [6, 6.07) is 1.86. The number of imidazole rings is 1. The van der Waals surface area contributed by atoms with Crippen molar-refractivity contribution in [1.29, 1.82) is 0 Å². The highest BCUT2D eigenvalue weighted by Gasteiger charge is 2.30. The van der Waals surface area contributed by atoms with Crippen LogP contribution in [0.4, 0.5) is 5.95 Å². The van der Waals surface area contributed by atoms with Gasteiger partial charge in [-0.25, -0.2) is 15.0 Å². The van der Waals surface area contributed by atoms with Crippen molar-refractivity contribution in [1.82, 2.24) is 29.3 Å². The van der Waals surface area contributed by atoms with Gasteiger partial charge < -0.3 is 4.57 Å². The van der Waals surface area contributed by atoms with Gasteiger partial charge in [-0.3, -0.25) is 19.9 Å². The van der Waals surface area contributed by atoms with Crippen molar-refractivity contribution in [3.05, 3.63) is 36.7 Å². The van der Waals surface area contributed by atoms with Crippen LogP contribution in [0.15, 0.2) is 30.9 Å². The minimum absolute atomic E-state index is 0.0732. The Morgan fingerprint density at radius 2 is 2.04 bits per heavy atom. The van der Waals surface area contributed by atoms with Gasteiger partial charge in [-0.2, -0.15) is 0 Å². The van der Waals surface area contributed by atoms with Gasteiger partial charge in [-0.1, -0.05) is 0 Å². The monoisotopic (exact) mass is 343 g/mol. The van der Waals surface area contributed by atoms with Crippen LogP contribution in [0, 0.1) is 0 Å².